The van der Waals surface area contributed by atoms with E-state index in [-0.39, 0.29) is 5.06 Å². The molecular weight excluding hydrogens is 322 g/mol. The maximum atomic E-state index is 12.7. The van der Waals surface area contributed by atoms with Crippen molar-refractivity contribution in [2.45, 2.75) is 18.3 Å². The van der Waals surface area contributed by atoms with Crippen molar-refractivity contribution in [3.05, 3.63) is 59.2 Å². The topological polar surface area (TPSA) is 83.9 Å². The molecule has 1 fully saturated rings. The Balaban J connectivity index is 1.97. The second-order valence-corrected chi connectivity index (χ2v) is 6.25. The van der Waals surface area contributed by atoms with E-state index in [4.69, 9.17) is 4.74 Å². The molecule has 25 heavy (non-hydrogen) atoms. The third-order valence-corrected chi connectivity index (χ3v) is 5.05. The monoisotopic (exact) mass is 337 g/mol. The van der Waals surface area contributed by atoms with Gasteiger partial charge in [-0.1, -0.05) is 42.5 Å². The molecular formula is C19H15NO5. The SMILES string of the molecule is COC(=O)C1(c2cccc3c2Cc2ccccc2-3)CC(=O)N(O)C1=O. The zero-order valence-electron chi connectivity index (χ0n) is 13.5. The molecule has 1 aliphatic carbocycles. The lowest BCUT2D eigenvalue weighted by Crippen LogP contribution is -2.45. The lowest BCUT2D eigenvalue weighted by atomic mass is 9.75. The molecule has 0 aromatic heterocycles. The Bertz CT molecular complexity index is 935. The number of hydrogen-bond acceptors (Lipinski definition) is 5. The van der Waals surface area contributed by atoms with E-state index < -0.39 is 29.6 Å². The molecule has 2 amide bonds. The number of esters is 1. The van der Waals surface area contributed by atoms with Gasteiger partial charge in [0.25, 0.3) is 11.8 Å². The number of benzene rings is 2. The third-order valence-electron chi connectivity index (χ3n) is 5.05. The first-order chi connectivity index (χ1) is 12.0. The van der Waals surface area contributed by atoms with Crippen LogP contribution >= 0.6 is 0 Å². The number of rotatable bonds is 2. The van der Waals surface area contributed by atoms with Gasteiger partial charge in [-0.3, -0.25) is 19.6 Å². The fourth-order valence-corrected chi connectivity index (χ4v) is 3.88. The molecule has 4 rings (SSSR count). The summed E-state index contributed by atoms with van der Waals surface area (Å²) in [6.45, 7) is 0. The Morgan fingerprint density at radius 3 is 2.52 bits per heavy atom. The summed E-state index contributed by atoms with van der Waals surface area (Å²) in [4.78, 5) is 37.2. The number of hydroxylamine groups is 2. The third kappa shape index (κ3) is 1.91. The fraction of sp³-hybridized carbons (Fsp3) is 0.211. The van der Waals surface area contributed by atoms with Crippen LogP contribution in [0.15, 0.2) is 42.5 Å². The van der Waals surface area contributed by atoms with Gasteiger partial charge in [0.15, 0.2) is 5.41 Å². The summed E-state index contributed by atoms with van der Waals surface area (Å²) >= 11 is 0. The molecule has 1 heterocycles. The first kappa shape index (κ1) is 15.5. The van der Waals surface area contributed by atoms with Crippen LogP contribution in [0, 0.1) is 0 Å². The molecule has 6 nitrogen and oxygen atoms in total. The van der Waals surface area contributed by atoms with E-state index in [0.29, 0.717) is 12.0 Å². The second kappa shape index (κ2) is 5.26. The smallest absolute Gasteiger partial charge is 0.326 e. The highest BCUT2D eigenvalue weighted by molar-refractivity contribution is 6.20. The predicted octanol–water partition coefficient (Wildman–Crippen LogP) is 1.82. The van der Waals surface area contributed by atoms with Gasteiger partial charge in [-0.25, -0.2) is 0 Å². The average Bonchev–Trinajstić information content (AvgIpc) is 3.12. The van der Waals surface area contributed by atoms with Gasteiger partial charge >= 0.3 is 5.97 Å². The summed E-state index contributed by atoms with van der Waals surface area (Å²) in [6.07, 6.45) is 0.106. The molecule has 2 aromatic rings. The molecule has 2 aliphatic rings. The van der Waals surface area contributed by atoms with Crippen molar-refractivity contribution in [2.24, 2.45) is 0 Å². The Morgan fingerprint density at radius 1 is 1.12 bits per heavy atom. The molecule has 0 radical (unpaired) electrons. The number of carbonyl (C=O) groups excluding carboxylic acids is 3. The van der Waals surface area contributed by atoms with Crippen molar-refractivity contribution in [1.82, 2.24) is 5.06 Å². The molecule has 1 N–H and O–H groups in total. The summed E-state index contributed by atoms with van der Waals surface area (Å²) in [5.74, 6) is -2.62. The maximum absolute atomic E-state index is 12.7. The molecule has 126 valence electrons. The minimum Gasteiger partial charge on any atom is -0.468 e. The molecule has 1 aliphatic heterocycles. The van der Waals surface area contributed by atoms with Crippen molar-refractivity contribution in [3.63, 3.8) is 0 Å². The number of nitrogens with zero attached hydrogens (tertiary/aromatic N) is 1. The van der Waals surface area contributed by atoms with E-state index in [1.54, 1.807) is 12.1 Å². The van der Waals surface area contributed by atoms with Crippen LogP contribution in [0.4, 0.5) is 0 Å². The van der Waals surface area contributed by atoms with E-state index in [0.717, 1.165) is 22.3 Å². The number of ether oxygens (including phenoxy) is 1. The van der Waals surface area contributed by atoms with Gasteiger partial charge < -0.3 is 4.74 Å². The number of hydrogen-bond donors (Lipinski definition) is 1. The number of imide groups is 1. The first-order valence-electron chi connectivity index (χ1n) is 7.86. The highest BCUT2D eigenvalue weighted by Gasteiger charge is 2.60. The van der Waals surface area contributed by atoms with E-state index >= 15 is 0 Å². The standard InChI is InChI=1S/C19H15NO5/c1-25-18(23)19(10-16(21)20(24)17(19)22)15-8-4-7-13-12-6-3-2-5-11(12)9-14(13)15/h2-8,24H,9-10H2,1H3. The van der Waals surface area contributed by atoms with Gasteiger partial charge in [-0.15, -0.1) is 0 Å². The Labute approximate surface area is 143 Å². The predicted molar refractivity (Wildman–Crippen MR) is 86.6 cm³/mol. The molecule has 1 saturated heterocycles. The van der Waals surface area contributed by atoms with Crippen LogP contribution in [0.3, 0.4) is 0 Å². The summed E-state index contributed by atoms with van der Waals surface area (Å²) in [7, 11) is 1.17. The quantitative estimate of drug-likeness (QED) is 0.334. The molecule has 1 unspecified atom stereocenters. The minimum atomic E-state index is -1.84. The van der Waals surface area contributed by atoms with Gasteiger partial charge in [0.2, 0.25) is 0 Å². The van der Waals surface area contributed by atoms with Gasteiger partial charge in [-0.05, 0) is 34.2 Å². The Morgan fingerprint density at radius 2 is 1.84 bits per heavy atom. The van der Waals surface area contributed by atoms with Crippen LogP contribution in [-0.2, 0) is 31.0 Å². The van der Waals surface area contributed by atoms with Gasteiger partial charge in [-0.2, -0.15) is 5.06 Å². The summed E-state index contributed by atoms with van der Waals surface area (Å²) in [5.41, 5.74) is 2.44. The van der Waals surface area contributed by atoms with Gasteiger partial charge in [0, 0.05) is 0 Å². The maximum Gasteiger partial charge on any atom is 0.326 e. The lowest BCUT2D eigenvalue weighted by molar-refractivity contribution is -0.174. The number of carbonyl (C=O) groups is 3. The molecule has 1 atom stereocenters. The van der Waals surface area contributed by atoms with Gasteiger partial charge in [0.1, 0.15) is 0 Å². The number of fused-ring (bicyclic) bond motifs is 3. The summed E-state index contributed by atoms with van der Waals surface area (Å²) in [6, 6.07) is 13.2. The normalized spacial score (nSPS) is 21.3. The van der Waals surface area contributed by atoms with Crippen LogP contribution in [0.25, 0.3) is 11.1 Å². The molecule has 6 heteroatoms. The molecule has 0 spiro atoms. The van der Waals surface area contributed by atoms with Crippen molar-refractivity contribution in [3.8, 4) is 11.1 Å². The van der Waals surface area contributed by atoms with Crippen LogP contribution in [0.1, 0.15) is 23.1 Å². The van der Waals surface area contributed by atoms with E-state index in [9.17, 15) is 19.6 Å². The van der Waals surface area contributed by atoms with Gasteiger partial charge in [0.05, 0.1) is 13.5 Å². The van der Waals surface area contributed by atoms with Crippen molar-refractivity contribution < 1.29 is 24.3 Å². The van der Waals surface area contributed by atoms with E-state index in [2.05, 4.69) is 0 Å². The highest BCUT2D eigenvalue weighted by atomic mass is 16.5. The zero-order chi connectivity index (χ0) is 17.8. The highest BCUT2D eigenvalue weighted by Crippen LogP contribution is 2.45. The van der Waals surface area contributed by atoms with E-state index in [1.807, 2.05) is 30.3 Å². The van der Waals surface area contributed by atoms with E-state index in [1.165, 1.54) is 7.11 Å². The fourth-order valence-electron chi connectivity index (χ4n) is 3.88. The molecule has 2 aromatic carbocycles. The first-order valence-corrected chi connectivity index (χ1v) is 7.86. The number of methoxy groups -OCH3 is 1. The average molecular weight is 337 g/mol. The van der Waals surface area contributed by atoms with Crippen LogP contribution in [0.2, 0.25) is 0 Å². The second-order valence-electron chi connectivity index (χ2n) is 6.25. The van der Waals surface area contributed by atoms with Crippen molar-refractivity contribution in [1.29, 1.82) is 0 Å². The minimum absolute atomic E-state index is 0.0262. The lowest BCUT2D eigenvalue weighted by Gasteiger charge is -2.25. The Kier molecular flexibility index (Phi) is 3.27. The Hall–Kier alpha value is -2.99. The van der Waals surface area contributed by atoms with Crippen LogP contribution in [-0.4, -0.2) is 35.2 Å². The zero-order valence-corrected chi connectivity index (χ0v) is 13.5. The van der Waals surface area contributed by atoms with Crippen molar-refractivity contribution >= 4 is 17.8 Å². The summed E-state index contributed by atoms with van der Waals surface area (Å²) < 4.78 is 4.85. The molecule has 0 saturated carbocycles. The van der Waals surface area contributed by atoms with Crippen LogP contribution < -0.4 is 0 Å². The van der Waals surface area contributed by atoms with Crippen LogP contribution in [0.5, 0.6) is 0 Å². The molecule has 0 bridgehead atoms. The largest absolute Gasteiger partial charge is 0.468 e. The van der Waals surface area contributed by atoms with Crippen molar-refractivity contribution in [2.75, 3.05) is 7.11 Å². The summed E-state index contributed by atoms with van der Waals surface area (Å²) in [5, 5.41) is 9.78. The number of amides is 2.